The molecule has 201 valence electrons. The van der Waals surface area contributed by atoms with E-state index >= 15 is 0 Å². The first-order valence-electron chi connectivity index (χ1n) is 13.2. The van der Waals surface area contributed by atoms with E-state index in [-0.39, 0.29) is 28.7 Å². The fraction of sp³-hybridized carbons (Fsp3) is 0.800. The molecular weight excluding hydrogens is 461 g/mol. The van der Waals surface area contributed by atoms with Gasteiger partial charge in [0.1, 0.15) is 6.61 Å². The fourth-order valence-corrected chi connectivity index (χ4v) is 4.06. The quantitative estimate of drug-likeness (QED) is 0.128. The van der Waals surface area contributed by atoms with E-state index < -0.39 is 0 Å². The van der Waals surface area contributed by atoms with Crippen molar-refractivity contribution in [2.24, 2.45) is 35.5 Å². The van der Waals surface area contributed by atoms with Crippen molar-refractivity contribution in [1.82, 2.24) is 5.32 Å². The van der Waals surface area contributed by atoms with Crippen LogP contribution in [0.4, 0.5) is 4.79 Å². The van der Waals surface area contributed by atoms with Crippen molar-refractivity contribution >= 4 is 6.09 Å². The first kappa shape index (κ1) is 37.7. The van der Waals surface area contributed by atoms with Crippen LogP contribution >= 0.6 is 0 Å². The Bertz CT molecular complexity index is 510. The number of allylic oxidation sites excluding steroid dienone is 3. The summed E-state index contributed by atoms with van der Waals surface area (Å²) in [6.45, 7) is 32.2. The number of hydrogen-bond acceptors (Lipinski definition) is 2. The molecule has 3 nitrogen and oxygen atoms in total. The van der Waals surface area contributed by atoms with Crippen LogP contribution in [0.25, 0.3) is 0 Å². The van der Waals surface area contributed by atoms with Gasteiger partial charge in [-0.1, -0.05) is 121 Å². The number of rotatable bonds is 11. The largest absolute Gasteiger partial charge is 2.00 e. The van der Waals surface area contributed by atoms with Crippen molar-refractivity contribution in [1.29, 1.82) is 0 Å². The first-order valence-corrected chi connectivity index (χ1v) is 13.2. The molecule has 1 aliphatic rings. The molecule has 1 rings (SSSR count). The van der Waals surface area contributed by atoms with E-state index in [2.05, 4.69) is 94.5 Å². The minimum atomic E-state index is -0.280. The molecule has 0 spiro atoms. The molecule has 1 saturated heterocycles. The zero-order chi connectivity index (χ0) is 26.2. The number of ether oxygens (including phenoxy) is 1. The number of hydrogen-bond donors (Lipinski definition) is 1. The van der Waals surface area contributed by atoms with Crippen LogP contribution in [-0.2, 0) is 21.8 Å². The van der Waals surface area contributed by atoms with E-state index in [1.54, 1.807) is 6.08 Å². The molecule has 0 aromatic rings. The minimum Gasteiger partial charge on any atom is -0.447 e. The Labute approximate surface area is 224 Å². The Morgan fingerprint density at radius 3 is 1.50 bits per heavy atom. The average Bonchev–Trinajstić information content (AvgIpc) is 3.09. The summed E-state index contributed by atoms with van der Waals surface area (Å²) >= 11 is 0. The van der Waals surface area contributed by atoms with Gasteiger partial charge in [-0.05, 0) is 23.7 Å². The molecule has 1 heterocycles. The van der Waals surface area contributed by atoms with Crippen molar-refractivity contribution < 1.29 is 26.6 Å². The van der Waals surface area contributed by atoms with Crippen molar-refractivity contribution in [3.8, 4) is 0 Å². The number of unbranched alkanes of at least 4 members (excludes halogenated alkanes) is 1. The predicted molar refractivity (Wildman–Crippen MR) is 146 cm³/mol. The summed E-state index contributed by atoms with van der Waals surface area (Å²) in [6, 6.07) is 0. The molecule has 34 heavy (non-hydrogen) atoms. The van der Waals surface area contributed by atoms with Gasteiger partial charge in [-0.15, -0.1) is 0 Å². The van der Waals surface area contributed by atoms with Gasteiger partial charge in [0, 0.05) is 0 Å². The molecule has 4 heteroatoms. The third kappa shape index (κ3) is 16.7. The zero-order valence-corrected chi connectivity index (χ0v) is 25.7. The van der Waals surface area contributed by atoms with Crippen LogP contribution in [0, 0.1) is 48.0 Å². The van der Waals surface area contributed by atoms with Gasteiger partial charge in [-0.3, -0.25) is 6.58 Å². The van der Waals surface area contributed by atoms with Gasteiger partial charge in [0.15, 0.2) is 0 Å². The standard InChI is InChI=1S/C11H18.C10H22.C9H17NO2.Mn/c1-6-7-8-11(9(2)3)10(4)5;1-9(2)7-5-6-8-10(3)4;1-6(2)9(7(3)4)5-12-8(11)10-9;/h1,6-10H,2-5H3;9-10H,5-8H2,1-4H3;6-7H,5H2,1-4H3,(H,10,11);/q-2;;;+2. The van der Waals surface area contributed by atoms with Gasteiger partial charge in [0.25, 0.3) is 0 Å². The second-order valence-electron chi connectivity index (χ2n) is 11.5. The van der Waals surface area contributed by atoms with Gasteiger partial charge in [-0.2, -0.15) is 0 Å². The van der Waals surface area contributed by atoms with Crippen molar-refractivity contribution in [2.45, 2.75) is 114 Å². The van der Waals surface area contributed by atoms with Gasteiger partial charge in [0.2, 0.25) is 0 Å². The second kappa shape index (κ2) is 20.3. The number of alkyl carbamates (subject to hydrolysis) is 1. The van der Waals surface area contributed by atoms with E-state index in [0.717, 1.165) is 11.8 Å². The van der Waals surface area contributed by atoms with Crippen LogP contribution in [0.3, 0.4) is 0 Å². The molecule has 0 atom stereocenters. The summed E-state index contributed by atoms with van der Waals surface area (Å²) < 4.78 is 4.94. The maximum absolute atomic E-state index is 10.9. The number of carbonyl (C=O) groups excluding carboxylic acids is 1. The van der Waals surface area contributed by atoms with E-state index in [9.17, 15) is 4.79 Å². The van der Waals surface area contributed by atoms with Gasteiger partial charge in [0.05, 0.1) is 5.54 Å². The van der Waals surface area contributed by atoms with Crippen LogP contribution < -0.4 is 5.32 Å². The summed E-state index contributed by atoms with van der Waals surface area (Å²) in [5, 5.41) is 2.91. The topological polar surface area (TPSA) is 38.3 Å². The number of cyclic esters (lactones) is 1. The maximum atomic E-state index is 10.9. The molecule has 0 bridgehead atoms. The molecule has 1 radical (unpaired) electrons. The molecule has 1 aliphatic heterocycles. The predicted octanol–water partition coefficient (Wildman–Crippen LogP) is 9.05. The number of amides is 1. The monoisotopic (exact) mass is 518 g/mol. The van der Waals surface area contributed by atoms with Crippen LogP contribution in [0.5, 0.6) is 0 Å². The first-order chi connectivity index (χ1) is 15.2. The van der Waals surface area contributed by atoms with E-state index in [1.165, 1.54) is 31.6 Å². The molecule has 0 aliphatic carbocycles. The fourth-order valence-electron chi connectivity index (χ4n) is 4.06. The summed E-state index contributed by atoms with van der Waals surface area (Å²) in [6.07, 6.45) is 11.0. The Balaban J connectivity index is -0.000000420. The zero-order valence-electron chi connectivity index (χ0n) is 24.5. The minimum absolute atomic E-state index is 0. The van der Waals surface area contributed by atoms with Crippen LogP contribution in [-0.4, -0.2) is 18.2 Å². The SMILES string of the molecule is CC(C)C1(C(C)C)COC(=O)N1.CC(C)CCCCC(C)C.[CH-]=CC=C[C-](C(C)C)C(C)C.[Mn+2]. The number of carbonyl (C=O) groups is 1. The maximum Gasteiger partial charge on any atom is 2.00 e. The van der Waals surface area contributed by atoms with Gasteiger partial charge in [-0.25, -0.2) is 28.9 Å². The summed E-state index contributed by atoms with van der Waals surface area (Å²) in [5.74, 6) is 5.29. The normalized spacial score (nSPS) is 14.6. The molecular formula is C30H57MnNO2. The van der Waals surface area contributed by atoms with E-state index in [4.69, 9.17) is 11.3 Å². The van der Waals surface area contributed by atoms with Crippen LogP contribution in [0.1, 0.15) is 109 Å². The van der Waals surface area contributed by atoms with Crippen molar-refractivity contribution in [3.63, 3.8) is 0 Å². The Kier molecular flexibility index (Phi) is 22.5. The Morgan fingerprint density at radius 1 is 0.882 bits per heavy atom. The summed E-state index contributed by atoms with van der Waals surface area (Å²) in [5.41, 5.74) is -0.156. The van der Waals surface area contributed by atoms with E-state index in [1.807, 2.05) is 6.08 Å². The summed E-state index contributed by atoms with van der Waals surface area (Å²) in [7, 11) is 0. The summed E-state index contributed by atoms with van der Waals surface area (Å²) in [4.78, 5) is 10.9. The van der Waals surface area contributed by atoms with Gasteiger partial charge >= 0.3 is 23.2 Å². The molecule has 0 aromatic carbocycles. The van der Waals surface area contributed by atoms with Gasteiger partial charge < -0.3 is 10.1 Å². The molecule has 0 unspecified atom stereocenters. The molecule has 0 saturated carbocycles. The Hall–Kier alpha value is -0.861. The van der Waals surface area contributed by atoms with Crippen LogP contribution in [0.15, 0.2) is 18.2 Å². The molecule has 1 fully saturated rings. The molecule has 1 N–H and O–H groups in total. The Morgan fingerprint density at radius 2 is 1.29 bits per heavy atom. The molecule has 0 aromatic heterocycles. The van der Waals surface area contributed by atoms with E-state index in [0.29, 0.717) is 30.3 Å². The second-order valence-corrected chi connectivity index (χ2v) is 11.5. The van der Waals surface area contributed by atoms with Crippen LogP contribution in [0.2, 0.25) is 0 Å². The third-order valence-electron chi connectivity index (χ3n) is 6.38. The average molecular weight is 519 g/mol. The van der Waals surface area contributed by atoms with Crippen molar-refractivity contribution in [2.75, 3.05) is 6.61 Å². The smallest absolute Gasteiger partial charge is 0.447 e. The molecule has 1 amide bonds. The number of nitrogens with one attached hydrogen (secondary N) is 1. The third-order valence-corrected chi connectivity index (χ3v) is 6.38. The van der Waals surface area contributed by atoms with Crippen molar-refractivity contribution in [3.05, 3.63) is 30.7 Å².